The lowest BCUT2D eigenvalue weighted by molar-refractivity contribution is -0.0893. The van der Waals surface area contributed by atoms with Crippen LogP contribution in [0.5, 0.6) is 40.2 Å². The zero-order valence-corrected chi connectivity index (χ0v) is 22.0. The van der Waals surface area contributed by atoms with Gasteiger partial charge >= 0.3 is 5.79 Å². The van der Waals surface area contributed by atoms with Crippen LogP contribution in [0, 0.1) is 6.92 Å². The van der Waals surface area contributed by atoms with Gasteiger partial charge in [-0.25, -0.2) is 0 Å². The Morgan fingerprint density at radius 3 is 2.17 bits per heavy atom. The van der Waals surface area contributed by atoms with Gasteiger partial charge in [0, 0.05) is 39.8 Å². The highest BCUT2D eigenvalue weighted by atomic mass is 16.7. The Kier molecular flexibility index (Phi) is 4.67. The zero-order chi connectivity index (χ0) is 28.9. The van der Waals surface area contributed by atoms with Crippen molar-refractivity contribution in [2.75, 3.05) is 0 Å². The van der Waals surface area contributed by atoms with E-state index < -0.39 is 5.79 Å². The van der Waals surface area contributed by atoms with Crippen molar-refractivity contribution in [3.63, 3.8) is 0 Å². The normalized spacial score (nSPS) is 16.2. The van der Waals surface area contributed by atoms with Crippen LogP contribution in [0.2, 0.25) is 0 Å². The molecule has 42 heavy (non-hydrogen) atoms. The van der Waals surface area contributed by atoms with Crippen molar-refractivity contribution in [3.05, 3.63) is 102 Å². The number of ether oxygens (including phenoxy) is 2. The third kappa shape index (κ3) is 3.17. The van der Waals surface area contributed by atoms with Crippen LogP contribution in [0.15, 0.2) is 89.3 Å². The van der Waals surface area contributed by atoms with E-state index in [2.05, 4.69) is 0 Å². The summed E-state index contributed by atoms with van der Waals surface area (Å²) >= 11 is 0. The molecule has 0 saturated heterocycles. The molecule has 206 valence electrons. The van der Waals surface area contributed by atoms with Crippen LogP contribution < -0.4 is 9.47 Å². The molecule has 6 aromatic rings. The number of aryl methyl sites for hydroxylation is 1. The Balaban J connectivity index is 1.44. The maximum Gasteiger partial charge on any atom is 0.310 e. The molecular weight excluding hydrogens is 536 g/mol. The number of aromatic hydroxyl groups is 5. The van der Waals surface area contributed by atoms with Crippen LogP contribution in [-0.2, 0) is 5.79 Å². The lowest BCUT2D eigenvalue weighted by atomic mass is 9.78. The predicted molar refractivity (Wildman–Crippen MR) is 154 cm³/mol. The molecule has 5 N–H and O–H groups in total. The van der Waals surface area contributed by atoms with Gasteiger partial charge in [0.2, 0.25) is 0 Å². The maximum atomic E-state index is 11.4. The van der Waals surface area contributed by atoms with Crippen molar-refractivity contribution in [2.24, 2.45) is 0 Å². The third-order valence-electron chi connectivity index (χ3n) is 7.98. The van der Waals surface area contributed by atoms with E-state index in [1.807, 2.05) is 30.3 Å². The summed E-state index contributed by atoms with van der Waals surface area (Å²) in [5, 5.41) is 54.0. The quantitative estimate of drug-likeness (QED) is 0.150. The fourth-order valence-corrected chi connectivity index (χ4v) is 6.07. The van der Waals surface area contributed by atoms with E-state index in [1.54, 1.807) is 31.2 Å². The highest BCUT2D eigenvalue weighted by Crippen LogP contribution is 2.61. The van der Waals surface area contributed by atoms with Gasteiger partial charge in [-0.1, -0.05) is 18.2 Å². The minimum Gasteiger partial charge on any atom is -0.508 e. The number of rotatable bonds is 2. The van der Waals surface area contributed by atoms with Crippen LogP contribution in [-0.4, -0.2) is 25.5 Å². The molecule has 0 spiro atoms. The molecule has 0 fully saturated rings. The lowest BCUT2D eigenvalue weighted by Gasteiger charge is -2.44. The summed E-state index contributed by atoms with van der Waals surface area (Å²) in [6.07, 6.45) is 0. The van der Waals surface area contributed by atoms with Crippen LogP contribution in [0.4, 0.5) is 0 Å². The summed E-state index contributed by atoms with van der Waals surface area (Å²) in [6.45, 7) is 1.80. The molecule has 1 unspecified atom stereocenters. The summed E-state index contributed by atoms with van der Waals surface area (Å²) in [4.78, 5) is 0. The molecule has 0 amide bonds. The monoisotopic (exact) mass is 558 g/mol. The fraction of sp³-hybridized carbons (Fsp3) is 0.0588. The molecule has 0 radical (unpaired) electrons. The summed E-state index contributed by atoms with van der Waals surface area (Å²) in [5.41, 5.74) is 4.72. The first-order valence-electron chi connectivity index (χ1n) is 13.2. The van der Waals surface area contributed by atoms with Gasteiger partial charge in [0.15, 0.2) is 11.3 Å². The number of hydrogen-bond acceptors (Lipinski definition) is 8. The van der Waals surface area contributed by atoms with E-state index in [4.69, 9.17) is 13.9 Å². The van der Waals surface area contributed by atoms with Gasteiger partial charge in [-0.15, -0.1) is 0 Å². The standard InChI is InChI=1S/C34H22O8/c1-16-11-23-21-8-5-17(27-13-18-3-2-4-25(37)33(18)40-27)12-28(21)41-34(24-10-7-19(35)14-26(24)38)31(23)30(32(16)39)22-9-6-20(36)15-29(22)42-34/h2-15,35-39H,1H3. The number of furan rings is 1. The Morgan fingerprint density at radius 1 is 0.643 bits per heavy atom. The van der Waals surface area contributed by atoms with Crippen molar-refractivity contribution in [1.82, 2.24) is 0 Å². The van der Waals surface area contributed by atoms with Crippen molar-refractivity contribution in [3.8, 4) is 73.8 Å². The molecule has 1 aromatic heterocycles. The molecule has 1 atom stereocenters. The SMILES string of the molecule is Cc1cc2c3c(c1O)-c1ccc(O)cc1OC3(c1ccc(O)cc1O)Oc1cc(-c3cc4cccc(O)c4o3)ccc1-2. The highest BCUT2D eigenvalue weighted by Gasteiger charge is 2.53. The molecule has 2 aliphatic rings. The molecule has 2 aliphatic heterocycles. The third-order valence-corrected chi connectivity index (χ3v) is 7.98. The summed E-state index contributed by atoms with van der Waals surface area (Å²) in [6, 6.07) is 23.1. The average Bonchev–Trinajstić information content (AvgIpc) is 3.40. The molecule has 3 heterocycles. The number of benzene rings is 5. The van der Waals surface area contributed by atoms with E-state index in [1.165, 1.54) is 30.3 Å². The second-order valence-electron chi connectivity index (χ2n) is 10.6. The Bertz CT molecular complexity index is 2130. The van der Waals surface area contributed by atoms with Gasteiger partial charge in [0.05, 0.1) is 11.1 Å². The largest absolute Gasteiger partial charge is 0.508 e. The summed E-state index contributed by atoms with van der Waals surface area (Å²) < 4.78 is 19.3. The van der Waals surface area contributed by atoms with Crippen molar-refractivity contribution >= 4 is 11.0 Å². The molecule has 8 nitrogen and oxygen atoms in total. The summed E-state index contributed by atoms with van der Waals surface area (Å²) in [5.74, 6) is -1.13. The summed E-state index contributed by atoms with van der Waals surface area (Å²) in [7, 11) is 0. The second kappa shape index (κ2) is 8.14. The fourth-order valence-electron chi connectivity index (χ4n) is 6.07. The van der Waals surface area contributed by atoms with Gasteiger partial charge in [0.25, 0.3) is 0 Å². The first kappa shape index (κ1) is 24.1. The van der Waals surface area contributed by atoms with E-state index in [0.29, 0.717) is 50.5 Å². The van der Waals surface area contributed by atoms with Gasteiger partial charge in [-0.05, 0) is 72.6 Å². The molecule has 8 heteroatoms. The molecule has 5 aromatic carbocycles. The molecule has 0 aliphatic carbocycles. The maximum absolute atomic E-state index is 11.4. The molecule has 8 rings (SSSR count). The number of fused-ring (bicyclic) bond motifs is 5. The second-order valence-corrected chi connectivity index (χ2v) is 10.6. The van der Waals surface area contributed by atoms with E-state index in [9.17, 15) is 25.5 Å². The number of phenols is 5. The average molecular weight is 559 g/mol. The molecular formula is C34H22O8. The number of hydrogen-bond donors (Lipinski definition) is 5. The number of phenolic OH excluding ortho intramolecular Hbond substituents is 5. The van der Waals surface area contributed by atoms with E-state index in [0.717, 1.165) is 10.9 Å². The van der Waals surface area contributed by atoms with Crippen LogP contribution >= 0.6 is 0 Å². The molecule has 0 bridgehead atoms. The van der Waals surface area contributed by atoms with Gasteiger partial charge in [-0.3, -0.25) is 0 Å². The van der Waals surface area contributed by atoms with Crippen LogP contribution in [0.25, 0.3) is 44.5 Å². The van der Waals surface area contributed by atoms with Gasteiger partial charge in [-0.2, -0.15) is 0 Å². The predicted octanol–water partition coefficient (Wildman–Crippen LogP) is 7.26. The van der Waals surface area contributed by atoms with E-state index in [-0.39, 0.29) is 40.1 Å². The first-order chi connectivity index (χ1) is 20.2. The van der Waals surface area contributed by atoms with Crippen molar-refractivity contribution in [1.29, 1.82) is 0 Å². The van der Waals surface area contributed by atoms with E-state index >= 15 is 0 Å². The smallest absolute Gasteiger partial charge is 0.310 e. The van der Waals surface area contributed by atoms with Gasteiger partial charge < -0.3 is 39.4 Å². The first-order valence-corrected chi connectivity index (χ1v) is 13.2. The Hall–Kier alpha value is -5.76. The lowest BCUT2D eigenvalue weighted by Crippen LogP contribution is -2.45. The highest BCUT2D eigenvalue weighted by molar-refractivity contribution is 5.94. The Morgan fingerprint density at radius 2 is 1.38 bits per heavy atom. The van der Waals surface area contributed by atoms with Crippen LogP contribution in [0.1, 0.15) is 16.7 Å². The topological polar surface area (TPSA) is 133 Å². The minimum atomic E-state index is -1.81. The zero-order valence-electron chi connectivity index (χ0n) is 22.0. The number of para-hydroxylation sites is 1. The van der Waals surface area contributed by atoms with Crippen LogP contribution in [0.3, 0.4) is 0 Å². The minimum absolute atomic E-state index is 0.0115. The van der Waals surface area contributed by atoms with Gasteiger partial charge in [0.1, 0.15) is 40.3 Å². The molecule has 0 saturated carbocycles. The van der Waals surface area contributed by atoms with Crippen molar-refractivity contribution in [2.45, 2.75) is 12.7 Å². The Labute approximate surface area is 238 Å². The van der Waals surface area contributed by atoms with Crippen molar-refractivity contribution < 1.29 is 39.4 Å².